The quantitative estimate of drug-likeness (QED) is 0.827. The first kappa shape index (κ1) is 12.3. The van der Waals surface area contributed by atoms with Gasteiger partial charge in [0.2, 0.25) is 5.88 Å². The predicted molar refractivity (Wildman–Crippen MR) is 62.8 cm³/mol. The molecule has 2 rings (SSSR count). The highest BCUT2D eigenvalue weighted by molar-refractivity contribution is 5.17. The summed E-state index contributed by atoms with van der Waals surface area (Å²) >= 11 is 0. The van der Waals surface area contributed by atoms with Crippen molar-refractivity contribution in [1.29, 1.82) is 0 Å². The van der Waals surface area contributed by atoms with Crippen LogP contribution in [0.4, 0.5) is 0 Å². The van der Waals surface area contributed by atoms with E-state index in [4.69, 9.17) is 14.2 Å². The second-order valence-corrected chi connectivity index (χ2v) is 3.86. The number of nitrogens with zero attached hydrogens (tertiary/aromatic N) is 1. The van der Waals surface area contributed by atoms with E-state index < -0.39 is 0 Å². The Bertz CT molecular complexity index is 323. The molecule has 1 N–H and O–H groups in total. The standard InChI is InChI=1S/C12H18N2O3/c1-15-11-4-3-10(8-14-11)7-13-9-12-16-5-2-6-17-12/h3-4,8,12-13H,2,5-7,9H2,1H3. The van der Waals surface area contributed by atoms with Crippen LogP contribution in [0.1, 0.15) is 12.0 Å². The molecule has 5 nitrogen and oxygen atoms in total. The molecule has 0 radical (unpaired) electrons. The molecule has 0 unspecified atom stereocenters. The van der Waals surface area contributed by atoms with Gasteiger partial charge < -0.3 is 19.5 Å². The molecule has 2 heterocycles. The van der Waals surface area contributed by atoms with Crippen LogP contribution in [0.25, 0.3) is 0 Å². The van der Waals surface area contributed by atoms with Crippen molar-refractivity contribution < 1.29 is 14.2 Å². The summed E-state index contributed by atoms with van der Waals surface area (Å²) in [6.07, 6.45) is 2.67. The number of ether oxygens (including phenoxy) is 3. The van der Waals surface area contributed by atoms with Crippen molar-refractivity contribution in [2.45, 2.75) is 19.3 Å². The van der Waals surface area contributed by atoms with Gasteiger partial charge in [-0.3, -0.25) is 0 Å². The van der Waals surface area contributed by atoms with Crippen LogP contribution >= 0.6 is 0 Å². The predicted octanol–water partition coefficient (Wildman–Crippen LogP) is 0.943. The van der Waals surface area contributed by atoms with E-state index in [2.05, 4.69) is 10.3 Å². The largest absolute Gasteiger partial charge is 0.481 e. The molecule has 0 aliphatic carbocycles. The molecule has 0 saturated carbocycles. The first-order valence-corrected chi connectivity index (χ1v) is 5.81. The van der Waals surface area contributed by atoms with Gasteiger partial charge in [-0.05, 0) is 12.0 Å². The third kappa shape index (κ3) is 3.96. The zero-order valence-electron chi connectivity index (χ0n) is 10.0. The lowest BCUT2D eigenvalue weighted by atomic mass is 10.3. The summed E-state index contributed by atoms with van der Waals surface area (Å²) < 4.78 is 15.9. The summed E-state index contributed by atoms with van der Waals surface area (Å²) in [5.74, 6) is 0.632. The molecule has 1 aromatic rings. The van der Waals surface area contributed by atoms with Crippen LogP contribution in [-0.2, 0) is 16.0 Å². The lowest BCUT2D eigenvalue weighted by Crippen LogP contribution is -2.34. The van der Waals surface area contributed by atoms with Gasteiger partial charge in [-0.1, -0.05) is 6.07 Å². The lowest BCUT2D eigenvalue weighted by molar-refractivity contribution is -0.175. The average molecular weight is 238 g/mol. The topological polar surface area (TPSA) is 52.6 Å². The van der Waals surface area contributed by atoms with Gasteiger partial charge in [0.05, 0.1) is 20.3 Å². The summed E-state index contributed by atoms with van der Waals surface area (Å²) in [6.45, 7) is 3.03. The summed E-state index contributed by atoms with van der Waals surface area (Å²) in [5.41, 5.74) is 1.11. The molecule has 17 heavy (non-hydrogen) atoms. The van der Waals surface area contributed by atoms with E-state index in [1.165, 1.54) is 0 Å². The van der Waals surface area contributed by atoms with Crippen LogP contribution in [0.2, 0.25) is 0 Å². The molecule has 1 aromatic heterocycles. The molecule has 1 aliphatic heterocycles. The van der Waals surface area contributed by atoms with Crippen molar-refractivity contribution in [3.05, 3.63) is 23.9 Å². The van der Waals surface area contributed by atoms with Crippen molar-refractivity contribution in [2.75, 3.05) is 26.9 Å². The van der Waals surface area contributed by atoms with Gasteiger partial charge in [0.25, 0.3) is 0 Å². The van der Waals surface area contributed by atoms with E-state index in [1.54, 1.807) is 13.3 Å². The molecule has 5 heteroatoms. The van der Waals surface area contributed by atoms with E-state index in [1.807, 2.05) is 12.1 Å². The summed E-state index contributed by atoms with van der Waals surface area (Å²) in [4.78, 5) is 4.14. The second-order valence-electron chi connectivity index (χ2n) is 3.86. The van der Waals surface area contributed by atoms with Crippen LogP contribution in [-0.4, -0.2) is 38.1 Å². The van der Waals surface area contributed by atoms with Crippen molar-refractivity contribution in [1.82, 2.24) is 10.3 Å². The van der Waals surface area contributed by atoms with Gasteiger partial charge in [0, 0.05) is 25.4 Å². The van der Waals surface area contributed by atoms with Crippen molar-refractivity contribution in [3.63, 3.8) is 0 Å². The number of methoxy groups -OCH3 is 1. The molecule has 0 aromatic carbocycles. The number of rotatable bonds is 5. The molecule has 1 saturated heterocycles. The van der Waals surface area contributed by atoms with Gasteiger partial charge in [0.15, 0.2) is 6.29 Å². The van der Waals surface area contributed by atoms with E-state index in [9.17, 15) is 0 Å². The van der Waals surface area contributed by atoms with Crippen molar-refractivity contribution in [2.24, 2.45) is 0 Å². The zero-order valence-corrected chi connectivity index (χ0v) is 10.0. The highest BCUT2D eigenvalue weighted by atomic mass is 16.7. The molecule has 0 amide bonds. The van der Waals surface area contributed by atoms with E-state index in [0.29, 0.717) is 12.4 Å². The van der Waals surface area contributed by atoms with Gasteiger partial charge in [-0.15, -0.1) is 0 Å². The fourth-order valence-electron chi connectivity index (χ4n) is 1.63. The third-order valence-corrected chi connectivity index (χ3v) is 2.54. The molecular formula is C12H18N2O3. The number of hydrogen-bond donors (Lipinski definition) is 1. The molecule has 94 valence electrons. The second kappa shape index (κ2) is 6.54. The van der Waals surface area contributed by atoms with Crippen LogP contribution in [0, 0.1) is 0 Å². The maximum atomic E-state index is 5.43. The average Bonchev–Trinajstić information content (AvgIpc) is 2.41. The molecule has 1 aliphatic rings. The van der Waals surface area contributed by atoms with E-state index in [0.717, 1.165) is 31.7 Å². The Morgan fingerprint density at radius 1 is 1.41 bits per heavy atom. The number of hydrogen-bond acceptors (Lipinski definition) is 5. The van der Waals surface area contributed by atoms with E-state index in [-0.39, 0.29) is 6.29 Å². The lowest BCUT2D eigenvalue weighted by Gasteiger charge is -2.23. The first-order chi connectivity index (χ1) is 8.38. The highest BCUT2D eigenvalue weighted by Crippen LogP contribution is 2.07. The molecular weight excluding hydrogens is 220 g/mol. The van der Waals surface area contributed by atoms with Gasteiger partial charge in [0.1, 0.15) is 0 Å². The minimum absolute atomic E-state index is 0.116. The molecule has 0 atom stereocenters. The van der Waals surface area contributed by atoms with Crippen LogP contribution in [0.3, 0.4) is 0 Å². The van der Waals surface area contributed by atoms with Crippen LogP contribution in [0.5, 0.6) is 5.88 Å². The Morgan fingerprint density at radius 3 is 2.88 bits per heavy atom. The van der Waals surface area contributed by atoms with Crippen molar-refractivity contribution >= 4 is 0 Å². The van der Waals surface area contributed by atoms with Crippen molar-refractivity contribution in [3.8, 4) is 5.88 Å². The third-order valence-electron chi connectivity index (χ3n) is 2.54. The van der Waals surface area contributed by atoms with Gasteiger partial charge in [-0.25, -0.2) is 4.98 Å². The smallest absolute Gasteiger partial charge is 0.212 e. The Labute approximate surface area is 101 Å². The first-order valence-electron chi connectivity index (χ1n) is 5.81. The fraction of sp³-hybridized carbons (Fsp3) is 0.583. The zero-order chi connectivity index (χ0) is 11.9. The van der Waals surface area contributed by atoms with Gasteiger partial charge in [-0.2, -0.15) is 0 Å². The Hall–Kier alpha value is -1.17. The minimum Gasteiger partial charge on any atom is -0.481 e. The van der Waals surface area contributed by atoms with Crippen LogP contribution < -0.4 is 10.1 Å². The highest BCUT2D eigenvalue weighted by Gasteiger charge is 2.12. The maximum Gasteiger partial charge on any atom is 0.212 e. The van der Waals surface area contributed by atoms with Gasteiger partial charge >= 0.3 is 0 Å². The van der Waals surface area contributed by atoms with E-state index >= 15 is 0 Å². The van der Waals surface area contributed by atoms with Crippen LogP contribution in [0.15, 0.2) is 18.3 Å². The fourth-order valence-corrected chi connectivity index (χ4v) is 1.63. The Morgan fingerprint density at radius 2 is 2.24 bits per heavy atom. The molecule has 0 spiro atoms. The monoisotopic (exact) mass is 238 g/mol. The summed E-state index contributed by atoms with van der Waals surface area (Å²) in [5, 5.41) is 3.28. The Kier molecular flexibility index (Phi) is 4.73. The molecule has 1 fully saturated rings. The summed E-state index contributed by atoms with van der Waals surface area (Å²) in [7, 11) is 1.61. The minimum atomic E-state index is -0.116. The Balaban J connectivity index is 1.69. The number of nitrogens with one attached hydrogen (secondary N) is 1. The normalized spacial score (nSPS) is 17.0. The number of aromatic nitrogens is 1. The number of pyridine rings is 1. The maximum absolute atomic E-state index is 5.43. The molecule has 0 bridgehead atoms. The summed E-state index contributed by atoms with van der Waals surface area (Å²) in [6, 6.07) is 3.84. The SMILES string of the molecule is COc1ccc(CNCC2OCCCO2)cn1.